The highest BCUT2D eigenvalue weighted by molar-refractivity contribution is 5.79. The highest BCUT2D eigenvalue weighted by Crippen LogP contribution is 2.19. The largest absolute Gasteiger partial charge is 0.387 e. The van der Waals surface area contributed by atoms with Crippen LogP contribution in [-0.2, 0) is 11.8 Å². The molecule has 0 spiro atoms. The number of benzene rings is 1. The Morgan fingerprint density at radius 2 is 2.33 bits per heavy atom. The summed E-state index contributed by atoms with van der Waals surface area (Å²) in [6.07, 6.45) is 1.51. The van der Waals surface area contributed by atoms with Gasteiger partial charge in [0.1, 0.15) is 0 Å². The minimum absolute atomic E-state index is 0.0596. The van der Waals surface area contributed by atoms with Gasteiger partial charge in [-0.1, -0.05) is 19.1 Å². The number of rotatable bonds is 4. The lowest BCUT2D eigenvalue weighted by Crippen LogP contribution is -2.27. The fraction of sp³-hybridized carbons (Fsp3) is 0.385. The smallest absolute Gasteiger partial charge is 0.219 e. The first-order chi connectivity index (χ1) is 8.61. The van der Waals surface area contributed by atoms with Gasteiger partial charge in [-0.15, -0.1) is 0 Å². The zero-order valence-electron chi connectivity index (χ0n) is 10.6. The molecule has 1 atom stereocenters. The summed E-state index contributed by atoms with van der Waals surface area (Å²) < 4.78 is 1.76. The van der Waals surface area contributed by atoms with E-state index < -0.39 is 6.10 Å². The SMILES string of the molecule is CCC(=O)NCC(O)c1ccc2cnn(C)c2c1. The molecule has 0 aliphatic rings. The molecule has 1 amide bonds. The van der Waals surface area contributed by atoms with Crippen molar-refractivity contribution in [3.63, 3.8) is 0 Å². The molecule has 0 aliphatic heterocycles. The molecule has 1 aromatic heterocycles. The summed E-state index contributed by atoms with van der Waals surface area (Å²) in [7, 11) is 1.86. The summed E-state index contributed by atoms with van der Waals surface area (Å²) in [6, 6.07) is 5.67. The number of amides is 1. The van der Waals surface area contributed by atoms with Crippen molar-refractivity contribution in [2.24, 2.45) is 7.05 Å². The number of aliphatic hydroxyl groups excluding tert-OH is 1. The van der Waals surface area contributed by atoms with Crippen molar-refractivity contribution >= 4 is 16.8 Å². The Morgan fingerprint density at radius 3 is 3.06 bits per heavy atom. The molecule has 2 aromatic rings. The first-order valence-corrected chi connectivity index (χ1v) is 5.98. The Kier molecular flexibility index (Phi) is 3.62. The van der Waals surface area contributed by atoms with Gasteiger partial charge in [-0.3, -0.25) is 9.48 Å². The van der Waals surface area contributed by atoms with Crippen LogP contribution in [0.25, 0.3) is 10.9 Å². The number of carbonyl (C=O) groups is 1. The van der Waals surface area contributed by atoms with E-state index in [-0.39, 0.29) is 12.5 Å². The maximum Gasteiger partial charge on any atom is 0.219 e. The van der Waals surface area contributed by atoms with Crippen LogP contribution in [0.3, 0.4) is 0 Å². The Morgan fingerprint density at radius 1 is 1.56 bits per heavy atom. The second-order valence-electron chi connectivity index (χ2n) is 4.26. The molecule has 1 unspecified atom stereocenters. The number of aryl methyl sites for hydroxylation is 1. The van der Waals surface area contributed by atoms with Crippen molar-refractivity contribution in [1.82, 2.24) is 15.1 Å². The molecule has 2 N–H and O–H groups in total. The van der Waals surface area contributed by atoms with Crippen LogP contribution in [-0.4, -0.2) is 27.3 Å². The van der Waals surface area contributed by atoms with Crippen molar-refractivity contribution in [1.29, 1.82) is 0 Å². The van der Waals surface area contributed by atoms with Crippen LogP contribution < -0.4 is 5.32 Å². The minimum Gasteiger partial charge on any atom is -0.387 e. The van der Waals surface area contributed by atoms with Gasteiger partial charge >= 0.3 is 0 Å². The van der Waals surface area contributed by atoms with Crippen molar-refractivity contribution in [2.75, 3.05) is 6.54 Å². The van der Waals surface area contributed by atoms with Crippen molar-refractivity contribution < 1.29 is 9.90 Å². The van der Waals surface area contributed by atoms with E-state index in [1.807, 2.05) is 25.2 Å². The van der Waals surface area contributed by atoms with Gasteiger partial charge in [-0.2, -0.15) is 5.10 Å². The molecule has 2 rings (SSSR count). The Bertz CT molecular complexity index is 562. The predicted octanol–water partition coefficient (Wildman–Crippen LogP) is 1.13. The van der Waals surface area contributed by atoms with Crippen molar-refractivity contribution in [3.05, 3.63) is 30.0 Å². The maximum absolute atomic E-state index is 11.1. The molecule has 96 valence electrons. The third-order valence-corrected chi connectivity index (χ3v) is 2.97. The fourth-order valence-electron chi connectivity index (χ4n) is 1.82. The van der Waals surface area contributed by atoms with Gasteiger partial charge in [0, 0.05) is 25.4 Å². The fourth-order valence-corrected chi connectivity index (χ4v) is 1.82. The van der Waals surface area contributed by atoms with Crippen LogP contribution in [0, 0.1) is 0 Å². The molecule has 0 saturated heterocycles. The number of nitrogens with one attached hydrogen (secondary N) is 1. The first kappa shape index (κ1) is 12.6. The van der Waals surface area contributed by atoms with Crippen LogP contribution in [0.1, 0.15) is 25.0 Å². The van der Waals surface area contributed by atoms with E-state index in [1.165, 1.54) is 0 Å². The van der Waals surface area contributed by atoms with Crippen LogP contribution in [0.2, 0.25) is 0 Å². The van der Waals surface area contributed by atoms with E-state index >= 15 is 0 Å². The van der Waals surface area contributed by atoms with Crippen molar-refractivity contribution in [3.8, 4) is 0 Å². The third kappa shape index (κ3) is 2.51. The molecule has 0 aliphatic carbocycles. The standard InChI is InChI=1S/C13H17N3O2/c1-3-13(18)14-8-12(17)9-4-5-10-7-15-16(2)11(10)6-9/h4-7,12,17H,3,8H2,1-2H3,(H,14,18). The summed E-state index contributed by atoms with van der Waals surface area (Å²) in [5.41, 5.74) is 1.75. The van der Waals surface area contributed by atoms with Crippen molar-refractivity contribution in [2.45, 2.75) is 19.4 Å². The van der Waals surface area contributed by atoms with E-state index in [0.29, 0.717) is 6.42 Å². The molecule has 1 aromatic carbocycles. The highest BCUT2D eigenvalue weighted by atomic mass is 16.3. The zero-order valence-corrected chi connectivity index (χ0v) is 10.6. The number of aromatic nitrogens is 2. The molecule has 0 saturated carbocycles. The molecular weight excluding hydrogens is 230 g/mol. The van der Waals surface area contributed by atoms with Crippen LogP contribution in [0.4, 0.5) is 0 Å². The maximum atomic E-state index is 11.1. The molecule has 5 nitrogen and oxygen atoms in total. The predicted molar refractivity (Wildman–Crippen MR) is 69.0 cm³/mol. The van der Waals surface area contributed by atoms with Crippen LogP contribution >= 0.6 is 0 Å². The third-order valence-electron chi connectivity index (χ3n) is 2.97. The summed E-state index contributed by atoms with van der Waals surface area (Å²) in [5, 5.41) is 17.9. The molecule has 18 heavy (non-hydrogen) atoms. The molecule has 0 fully saturated rings. The Hall–Kier alpha value is -1.88. The van der Waals surface area contributed by atoms with Gasteiger partial charge in [0.2, 0.25) is 5.91 Å². The van der Waals surface area contributed by atoms with E-state index in [9.17, 15) is 9.90 Å². The monoisotopic (exact) mass is 247 g/mol. The summed E-state index contributed by atoms with van der Waals surface area (Å²) >= 11 is 0. The number of carbonyl (C=O) groups excluding carboxylic acids is 1. The number of aliphatic hydroxyl groups is 1. The molecule has 1 heterocycles. The number of hydrogen-bond donors (Lipinski definition) is 2. The Labute approximate surface area is 105 Å². The molecule has 0 bridgehead atoms. The Balaban J connectivity index is 2.14. The van der Waals surface area contributed by atoms with Crippen LogP contribution in [0.5, 0.6) is 0 Å². The average Bonchev–Trinajstić information content (AvgIpc) is 2.76. The lowest BCUT2D eigenvalue weighted by atomic mass is 10.1. The normalized spacial score (nSPS) is 12.6. The zero-order chi connectivity index (χ0) is 13.1. The number of hydrogen-bond acceptors (Lipinski definition) is 3. The summed E-state index contributed by atoms with van der Waals surface area (Å²) in [4.78, 5) is 11.1. The second-order valence-corrected chi connectivity index (χ2v) is 4.26. The van der Waals surface area contributed by atoms with E-state index in [4.69, 9.17) is 0 Å². The highest BCUT2D eigenvalue weighted by Gasteiger charge is 2.10. The minimum atomic E-state index is -0.695. The van der Waals surface area contributed by atoms with Crippen LogP contribution in [0.15, 0.2) is 24.4 Å². The summed E-state index contributed by atoms with van der Waals surface area (Å²) in [5.74, 6) is -0.0596. The van der Waals surface area contributed by atoms with Gasteiger partial charge in [0.05, 0.1) is 17.8 Å². The number of fused-ring (bicyclic) bond motifs is 1. The topological polar surface area (TPSA) is 67.2 Å². The number of nitrogens with zero attached hydrogens (tertiary/aromatic N) is 2. The van der Waals surface area contributed by atoms with Gasteiger partial charge in [0.15, 0.2) is 0 Å². The van der Waals surface area contributed by atoms with E-state index in [1.54, 1.807) is 17.8 Å². The lowest BCUT2D eigenvalue weighted by Gasteiger charge is -2.12. The average molecular weight is 247 g/mol. The lowest BCUT2D eigenvalue weighted by molar-refractivity contribution is -0.121. The van der Waals surface area contributed by atoms with E-state index in [2.05, 4.69) is 10.4 Å². The molecule has 0 radical (unpaired) electrons. The van der Waals surface area contributed by atoms with E-state index in [0.717, 1.165) is 16.5 Å². The van der Waals surface area contributed by atoms with Gasteiger partial charge in [0.25, 0.3) is 0 Å². The first-order valence-electron chi connectivity index (χ1n) is 5.98. The second kappa shape index (κ2) is 5.18. The quantitative estimate of drug-likeness (QED) is 0.851. The van der Waals surface area contributed by atoms with Gasteiger partial charge in [-0.25, -0.2) is 0 Å². The summed E-state index contributed by atoms with van der Waals surface area (Å²) in [6.45, 7) is 2.01. The van der Waals surface area contributed by atoms with Gasteiger partial charge in [-0.05, 0) is 11.6 Å². The molecule has 5 heteroatoms. The molecular formula is C13H17N3O2. The van der Waals surface area contributed by atoms with Gasteiger partial charge < -0.3 is 10.4 Å².